The number of rotatable bonds is 6. The maximum Gasteiger partial charge on any atom is 0.227 e. The lowest BCUT2D eigenvalue weighted by molar-refractivity contribution is -0.131. The molecular formula is C20H24N2O3. The van der Waals surface area contributed by atoms with E-state index in [1.165, 1.54) is 5.56 Å². The van der Waals surface area contributed by atoms with Crippen LogP contribution in [0.2, 0.25) is 0 Å². The van der Waals surface area contributed by atoms with Crippen LogP contribution < -0.4 is 4.74 Å². The molecule has 0 aliphatic carbocycles. The van der Waals surface area contributed by atoms with Crippen LogP contribution in [0, 0.1) is 6.92 Å². The summed E-state index contributed by atoms with van der Waals surface area (Å²) in [5.74, 6) is 0.934. The van der Waals surface area contributed by atoms with Crippen molar-refractivity contribution in [3.05, 3.63) is 59.9 Å². The first-order chi connectivity index (χ1) is 12.1. The molecule has 1 aliphatic rings. The summed E-state index contributed by atoms with van der Waals surface area (Å²) in [5.41, 5.74) is 1.73. The highest BCUT2D eigenvalue weighted by Gasteiger charge is 2.41. The molecular weight excluding hydrogens is 316 g/mol. The van der Waals surface area contributed by atoms with Crippen molar-refractivity contribution in [1.29, 1.82) is 0 Å². The lowest BCUT2D eigenvalue weighted by Gasteiger charge is -2.28. The normalized spacial score (nSPS) is 19.8. The van der Waals surface area contributed by atoms with Crippen molar-refractivity contribution in [3.8, 4) is 5.75 Å². The van der Waals surface area contributed by atoms with Gasteiger partial charge in [-0.15, -0.1) is 0 Å². The Bertz CT molecular complexity index is 703. The molecule has 0 unspecified atom stereocenters. The van der Waals surface area contributed by atoms with Crippen LogP contribution >= 0.6 is 0 Å². The second-order valence-corrected chi connectivity index (χ2v) is 6.59. The number of likely N-dealkylation sites (tertiary alicyclic amines) is 1. The molecule has 1 saturated heterocycles. The van der Waals surface area contributed by atoms with Gasteiger partial charge in [0.2, 0.25) is 5.91 Å². The van der Waals surface area contributed by atoms with Crippen molar-refractivity contribution < 1.29 is 14.3 Å². The first-order valence-corrected chi connectivity index (χ1v) is 8.51. The molecule has 5 nitrogen and oxygen atoms in total. The van der Waals surface area contributed by atoms with Gasteiger partial charge < -0.3 is 14.4 Å². The molecule has 0 saturated carbocycles. The summed E-state index contributed by atoms with van der Waals surface area (Å²) in [6.07, 6.45) is 4.58. The standard InChI is InChI=1S/C20H24N2O3/c1-16-3-5-18(6-4-16)25-15-20(24-2)9-12-22(14-20)19(23)13-17-7-10-21-11-8-17/h3-8,10-11H,9,12-15H2,1-2H3/t20-/m0/s1. The van der Waals surface area contributed by atoms with Crippen LogP contribution in [0.5, 0.6) is 5.75 Å². The Labute approximate surface area is 148 Å². The quantitative estimate of drug-likeness (QED) is 0.811. The number of aryl methyl sites for hydroxylation is 1. The zero-order valence-corrected chi connectivity index (χ0v) is 14.8. The highest BCUT2D eigenvalue weighted by molar-refractivity contribution is 5.79. The van der Waals surface area contributed by atoms with Gasteiger partial charge in [-0.2, -0.15) is 0 Å². The Balaban J connectivity index is 1.58. The van der Waals surface area contributed by atoms with Crippen LogP contribution in [-0.2, 0) is 16.0 Å². The van der Waals surface area contributed by atoms with Crippen molar-refractivity contribution in [3.63, 3.8) is 0 Å². The molecule has 2 heterocycles. The van der Waals surface area contributed by atoms with E-state index in [2.05, 4.69) is 4.98 Å². The predicted octanol–water partition coefficient (Wildman–Crippen LogP) is 2.63. The van der Waals surface area contributed by atoms with Crippen molar-refractivity contribution in [1.82, 2.24) is 9.88 Å². The molecule has 0 radical (unpaired) electrons. The Hall–Kier alpha value is -2.40. The molecule has 0 N–H and O–H groups in total. The van der Waals surface area contributed by atoms with Gasteiger partial charge in [0.25, 0.3) is 0 Å². The van der Waals surface area contributed by atoms with E-state index in [0.717, 1.165) is 17.7 Å². The zero-order chi connectivity index (χ0) is 17.7. The number of amides is 1. The van der Waals surface area contributed by atoms with Gasteiger partial charge in [-0.05, 0) is 43.2 Å². The summed E-state index contributed by atoms with van der Waals surface area (Å²) in [6, 6.07) is 11.7. The molecule has 1 amide bonds. The van der Waals surface area contributed by atoms with Gasteiger partial charge in [-0.1, -0.05) is 17.7 Å². The summed E-state index contributed by atoms with van der Waals surface area (Å²) in [5, 5.41) is 0. The van der Waals surface area contributed by atoms with Gasteiger partial charge in [0.1, 0.15) is 18.0 Å². The third-order valence-corrected chi connectivity index (χ3v) is 4.73. The summed E-state index contributed by atoms with van der Waals surface area (Å²) < 4.78 is 11.7. The molecule has 5 heteroatoms. The number of carbonyl (C=O) groups excluding carboxylic acids is 1. The number of hydrogen-bond acceptors (Lipinski definition) is 4. The van der Waals surface area contributed by atoms with Crippen LogP contribution in [-0.4, -0.2) is 48.2 Å². The van der Waals surface area contributed by atoms with Crippen LogP contribution in [0.3, 0.4) is 0 Å². The predicted molar refractivity (Wildman–Crippen MR) is 95.6 cm³/mol. The molecule has 25 heavy (non-hydrogen) atoms. The van der Waals surface area contributed by atoms with Gasteiger partial charge >= 0.3 is 0 Å². The smallest absolute Gasteiger partial charge is 0.227 e. The van der Waals surface area contributed by atoms with Gasteiger partial charge in [0, 0.05) is 26.0 Å². The van der Waals surface area contributed by atoms with E-state index in [9.17, 15) is 4.79 Å². The van der Waals surface area contributed by atoms with Gasteiger partial charge in [0.15, 0.2) is 0 Å². The van der Waals surface area contributed by atoms with Crippen LogP contribution in [0.25, 0.3) is 0 Å². The van der Waals surface area contributed by atoms with Crippen LogP contribution in [0.4, 0.5) is 0 Å². The van der Waals surface area contributed by atoms with E-state index in [-0.39, 0.29) is 5.91 Å². The molecule has 1 aromatic carbocycles. The van der Waals surface area contributed by atoms with E-state index in [1.807, 2.05) is 48.2 Å². The zero-order valence-electron chi connectivity index (χ0n) is 14.8. The molecule has 0 spiro atoms. The average molecular weight is 340 g/mol. The maximum absolute atomic E-state index is 12.5. The van der Waals surface area contributed by atoms with Crippen molar-refractivity contribution in [2.45, 2.75) is 25.4 Å². The van der Waals surface area contributed by atoms with Crippen molar-refractivity contribution >= 4 is 5.91 Å². The van der Waals surface area contributed by atoms with E-state index in [1.54, 1.807) is 19.5 Å². The number of aromatic nitrogens is 1. The molecule has 0 bridgehead atoms. The molecule has 1 fully saturated rings. The summed E-state index contributed by atoms with van der Waals surface area (Å²) in [4.78, 5) is 18.4. The third kappa shape index (κ3) is 4.37. The Morgan fingerprint density at radius 1 is 1.20 bits per heavy atom. The Kier molecular flexibility index (Phi) is 5.34. The van der Waals surface area contributed by atoms with Crippen LogP contribution in [0.15, 0.2) is 48.8 Å². The minimum Gasteiger partial charge on any atom is -0.491 e. The number of ether oxygens (including phenoxy) is 2. The Morgan fingerprint density at radius 2 is 1.92 bits per heavy atom. The lowest BCUT2D eigenvalue weighted by atomic mass is 10.0. The largest absolute Gasteiger partial charge is 0.491 e. The third-order valence-electron chi connectivity index (χ3n) is 4.73. The van der Waals surface area contributed by atoms with Gasteiger partial charge in [0.05, 0.1) is 13.0 Å². The number of hydrogen-bond donors (Lipinski definition) is 0. The minimum absolute atomic E-state index is 0.112. The van der Waals surface area contributed by atoms with E-state index in [0.29, 0.717) is 26.1 Å². The summed E-state index contributed by atoms with van der Waals surface area (Å²) in [6.45, 7) is 3.73. The number of benzene rings is 1. The molecule has 1 aromatic heterocycles. The molecule has 1 aliphatic heterocycles. The summed E-state index contributed by atoms with van der Waals surface area (Å²) >= 11 is 0. The van der Waals surface area contributed by atoms with Crippen LogP contribution in [0.1, 0.15) is 17.5 Å². The van der Waals surface area contributed by atoms with Crippen molar-refractivity contribution in [2.24, 2.45) is 0 Å². The topological polar surface area (TPSA) is 51.7 Å². The van der Waals surface area contributed by atoms with E-state index in [4.69, 9.17) is 9.47 Å². The average Bonchev–Trinajstić information content (AvgIpc) is 3.07. The Morgan fingerprint density at radius 3 is 2.60 bits per heavy atom. The maximum atomic E-state index is 12.5. The SMILES string of the molecule is CO[C@@]1(COc2ccc(C)cc2)CCN(C(=O)Cc2ccncc2)C1. The number of nitrogens with zero attached hydrogens (tertiary/aromatic N) is 2. The van der Waals surface area contributed by atoms with E-state index >= 15 is 0 Å². The minimum atomic E-state index is -0.446. The molecule has 1 atom stereocenters. The monoisotopic (exact) mass is 340 g/mol. The highest BCUT2D eigenvalue weighted by atomic mass is 16.5. The fourth-order valence-electron chi connectivity index (χ4n) is 3.04. The molecule has 132 valence electrons. The number of methoxy groups -OCH3 is 1. The molecule has 2 aromatic rings. The van der Waals surface area contributed by atoms with Gasteiger partial charge in [-0.3, -0.25) is 9.78 Å². The van der Waals surface area contributed by atoms with Crippen molar-refractivity contribution in [2.75, 3.05) is 26.8 Å². The molecule has 3 rings (SSSR count). The second-order valence-electron chi connectivity index (χ2n) is 6.59. The fraction of sp³-hybridized carbons (Fsp3) is 0.400. The number of pyridine rings is 1. The lowest BCUT2D eigenvalue weighted by Crippen LogP contribution is -2.42. The highest BCUT2D eigenvalue weighted by Crippen LogP contribution is 2.27. The fourth-order valence-corrected chi connectivity index (χ4v) is 3.04. The van der Waals surface area contributed by atoms with Gasteiger partial charge in [-0.25, -0.2) is 0 Å². The van der Waals surface area contributed by atoms with E-state index < -0.39 is 5.60 Å². The first kappa shape index (κ1) is 17.4. The summed E-state index contributed by atoms with van der Waals surface area (Å²) in [7, 11) is 1.69. The second kappa shape index (κ2) is 7.66. The number of carbonyl (C=O) groups is 1. The first-order valence-electron chi connectivity index (χ1n) is 8.51.